The Morgan fingerprint density at radius 1 is 1.40 bits per heavy atom. The molecule has 0 aliphatic carbocycles. The molecular formula is C12H20N2O4S2. The number of methoxy groups -OCH3 is 1. The Kier molecular flexibility index (Phi) is 7.14. The van der Waals surface area contributed by atoms with E-state index in [-0.39, 0.29) is 17.3 Å². The molecule has 0 fully saturated rings. The predicted octanol–water partition coefficient (Wildman–Crippen LogP) is 0.671. The minimum Gasteiger partial charge on any atom is -0.495 e. The van der Waals surface area contributed by atoms with Crippen LogP contribution in [0.1, 0.15) is 6.42 Å². The molecule has 0 saturated carbocycles. The highest BCUT2D eigenvalue weighted by Gasteiger charge is 2.18. The van der Waals surface area contributed by atoms with Gasteiger partial charge in [0.15, 0.2) is 0 Å². The van der Waals surface area contributed by atoms with E-state index in [2.05, 4.69) is 4.72 Å². The molecule has 4 N–H and O–H groups in total. The van der Waals surface area contributed by atoms with Crippen LogP contribution in [0.25, 0.3) is 0 Å². The maximum Gasteiger partial charge on any atom is 0.244 e. The molecule has 0 heterocycles. The van der Waals surface area contributed by atoms with Crippen molar-refractivity contribution in [1.82, 2.24) is 4.72 Å². The monoisotopic (exact) mass is 320 g/mol. The number of benzene rings is 1. The Hall–Kier alpha value is -0.960. The normalized spacial score (nSPS) is 11.5. The number of hydrogen-bond donors (Lipinski definition) is 3. The molecule has 20 heavy (non-hydrogen) atoms. The van der Waals surface area contributed by atoms with Crippen LogP contribution in [0.2, 0.25) is 0 Å². The summed E-state index contributed by atoms with van der Waals surface area (Å²) in [6, 6.07) is 4.42. The fraction of sp³-hybridized carbons (Fsp3) is 0.500. The first-order valence-corrected chi connectivity index (χ1v) is 8.77. The summed E-state index contributed by atoms with van der Waals surface area (Å²) in [6.45, 7) is 0.479. The van der Waals surface area contributed by atoms with E-state index in [1.807, 2.05) is 0 Å². The van der Waals surface area contributed by atoms with E-state index in [1.165, 1.54) is 25.3 Å². The molecule has 6 nitrogen and oxygen atoms in total. The van der Waals surface area contributed by atoms with Crippen LogP contribution in [-0.4, -0.2) is 45.3 Å². The first kappa shape index (κ1) is 17.1. The highest BCUT2D eigenvalue weighted by atomic mass is 32.2. The molecular weight excluding hydrogens is 300 g/mol. The van der Waals surface area contributed by atoms with Gasteiger partial charge >= 0.3 is 0 Å². The molecule has 1 aromatic rings. The second-order valence-corrected chi connectivity index (χ2v) is 6.96. The number of rotatable bonds is 9. The summed E-state index contributed by atoms with van der Waals surface area (Å²) >= 11 is 1.59. The van der Waals surface area contributed by atoms with Crippen molar-refractivity contribution in [2.75, 3.05) is 37.5 Å². The average Bonchev–Trinajstić information content (AvgIpc) is 2.42. The van der Waals surface area contributed by atoms with Gasteiger partial charge in [0.25, 0.3) is 0 Å². The molecule has 0 bridgehead atoms. The van der Waals surface area contributed by atoms with E-state index in [0.29, 0.717) is 24.4 Å². The lowest BCUT2D eigenvalue weighted by Gasteiger charge is -2.11. The summed E-state index contributed by atoms with van der Waals surface area (Å²) < 4.78 is 31.8. The SMILES string of the molecule is COc1cc(N)ccc1S(=O)(=O)NCCSCCCO. The number of nitrogens with two attached hydrogens (primary N) is 1. The summed E-state index contributed by atoms with van der Waals surface area (Å²) in [5.41, 5.74) is 6.04. The van der Waals surface area contributed by atoms with E-state index in [1.54, 1.807) is 11.8 Å². The van der Waals surface area contributed by atoms with Crippen molar-refractivity contribution in [2.45, 2.75) is 11.3 Å². The van der Waals surface area contributed by atoms with Gasteiger partial charge in [-0.05, 0) is 24.3 Å². The van der Waals surface area contributed by atoms with Crippen LogP contribution in [0.4, 0.5) is 5.69 Å². The van der Waals surface area contributed by atoms with Gasteiger partial charge in [0.05, 0.1) is 7.11 Å². The zero-order chi connectivity index (χ0) is 15.0. The van der Waals surface area contributed by atoms with Crippen LogP contribution in [0.3, 0.4) is 0 Å². The lowest BCUT2D eigenvalue weighted by molar-refractivity contribution is 0.296. The van der Waals surface area contributed by atoms with E-state index in [4.69, 9.17) is 15.6 Å². The van der Waals surface area contributed by atoms with E-state index < -0.39 is 10.0 Å². The quantitative estimate of drug-likeness (QED) is 0.457. The number of nitrogens with one attached hydrogen (secondary N) is 1. The van der Waals surface area contributed by atoms with Gasteiger partial charge < -0.3 is 15.6 Å². The topological polar surface area (TPSA) is 102 Å². The van der Waals surface area contributed by atoms with Crippen LogP contribution in [-0.2, 0) is 10.0 Å². The number of ether oxygens (including phenoxy) is 1. The summed E-state index contributed by atoms with van der Waals surface area (Å²) in [5, 5.41) is 8.63. The number of nitrogen functional groups attached to an aromatic ring is 1. The lowest BCUT2D eigenvalue weighted by atomic mass is 10.3. The largest absolute Gasteiger partial charge is 0.495 e. The maximum atomic E-state index is 12.1. The van der Waals surface area contributed by atoms with E-state index >= 15 is 0 Å². The fourth-order valence-corrected chi connectivity index (χ4v) is 3.59. The minimum absolute atomic E-state index is 0.0783. The van der Waals surface area contributed by atoms with Crippen molar-refractivity contribution in [2.24, 2.45) is 0 Å². The van der Waals surface area contributed by atoms with Gasteiger partial charge in [-0.2, -0.15) is 11.8 Å². The molecule has 0 amide bonds. The molecule has 0 spiro atoms. The van der Waals surface area contributed by atoms with Crippen molar-refractivity contribution in [1.29, 1.82) is 0 Å². The van der Waals surface area contributed by atoms with Gasteiger partial charge in [-0.15, -0.1) is 0 Å². The van der Waals surface area contributed by atoms with Gasteiger partial charge in [0.1, 0.15) is 10.6 Å². The number of anilines is 1. The Morgan fingerprint density at radius 2 is 2.15 bits per heavy atom. The smallest absolute Gasteiger partial charge is 0.244 e. The van der Waals surface area contributed by atoms with Gasteiger partial charge in [0, 0.05) is 30.7 Å². The maximum absolute atomic E-state index is 12.1. The zero-order valence-electron chi connectivity index (χ0n) is 11.3. The summed E-state index contributed by atoms with van der Waals surface area (Å²) in [4.78, 5) is 0.0783. The van der Waals surface area contributed by atoms with Crippen molar-refractivity contribution in [3.8, 4) is 5.75 Å². The van der Waals surface area contributed by atoms with Crippen LogP contribution < -0.4 is 15.2 Å². The molecule has 0 atom stereocenters. The van der Waals surface area contributed by atoms with Gasteiger partial charge in [-0.3, -0.25) is 0 Å². The molecule has 0 unspecified atom stereocenters. The minimum atomic E-state index is -3.61. The Labute approximate surface area is 123 Å². The molecule has 114 valence electrons. The third-order valence-corrected chi connectivity index (χ3v) is 5.03. The first-order valence-electron chi connectivity index (χ1n) is 6.13. The third-order valence-electron chi connectivity index (χ3n) is 2.46. The highest BCUT2D eigenvalue weighted by molar-refractivity contribution is 7.99. The lowest BCUT2D eigenvalue weighted by Crippen LogP contribution is -2.26. The van der Waals surface area contributed by atoms with E-state index in [9.17, 15) is 8.42 Å². The van der Waals surface area contributed by atoms with Gasteiger partial charge in [-0.25, -0.2) is 13.1 Å². The van der Waals surface area contributed by atoms with Crippen molar-refractivity contribution in [3.63, 3.8) is 0 Å². The van der Waals surface area contributed by atoms with Gasteiger partial charge in [-0.1, -0.05) is 0 Å². The standard InChI is InChI=1S/C12H20N2O4S2/c1-18-11-9-10(13)3-4-12(11)20(16,17)14-5-8-19-7-2-6-15/h3-4,9,14-15H,2,5-8,13H2,1H3. The number of aliphatic hydroxyl groups is 1. The Morgan fingerprint density at radius 3 is 2.80 bits per heavy atom. The second kappa shape index (κ2) is 8.35. The van der Waals surface area contributed by atoms with Crippen molar-refractivity contribution in [3.05, 3.63) is 18.2 Å². The number of thioether (sulfide) groups is 1. The first-order chi connectivity index (χ1) is 9.51. The summed E-state index contributed by atoms with van der Waals surface area (Å²) in [5.74, 6) is 1.69. The van der Waals surface area contributed by atoms with Crippen LogP contribution in [0.5, 0.6) is 5.75 Å². The second-order valence-electron chi connectivity index (χ2n) is 4.00. The third kappa shape index (κ3) is 5.20. The molecule has 8 heteroatoms. The fourth-order valence-electron chi connectivity index (χ4n) is 1.50. The van der Waals surface area contributed by atoms with Crippen LogP contribution >= 0.6 is 11.8 Å². The summed E-state index contributed by atoms with van der Waals surface area (Å²) in [7, 11) is -2.20. The van der Waals surface area contributed by atoms with E-state index in [0.717, 1.165) is 5.75 Å². The molecule has 0 radical (unpaired) electrons. The molecule has 0 aliphatic heterocycles. The molecule has 0 aromatic heterocycles. The molecule has 0 aliphatic rings. The van der Waals surface area contributed by atoms with Crippen molar-refractivity contribution >= 4 is 27.5 Å². The number of sulfonamides is 1. The Bertz CT molecular complexity index is 520. The molecule has 1 rings (SSSR count). The zero-order valence-corrected chi connectivity index (χ0v) is 13.0. The van der Waals surface area contributed by atoms with Crippen molar-refractivity contribution < 1.29 is 18.3 Å². The molecule has 1 aromatic carbocycles. The average molecular weight is 320 g/mol. The number of aliphatic hydroxyl groups excluding tert-OH is 1. The predicted molar refractivity (Wildman–Crippen MR) is 81.6 cm³/mol. The number of hydrogen-bond acceptors (Lipinski definition) is 6. The van der Waals surface area contributed by atoms with Crippen LogP contribution in [0.15, 0.2) is 23.1 Å². The molecule has 0 saturated heterocycles. The summed E-state index contributed by atoms with van der Waals surface area (Å²) in [6.07, 6.45) is 0.712. The van der Waals surface area contributed by atoms with Crippen LogP contribution in [0, 0.1) is 0 Å². The Balaban J connectivity index is 2.60. The van der Waals surface area contributed by atoms with Gasteiger partial charge in [0.2, 0.25) is 10.0 Å². The highest BCUT2D eigenvalue weighted by Crippen LogP contribution is 2.25.